The molecule has 0 aliphatic heterocycles. The van der Waals surface area contributed by atoms with E-state index < -0.39 is 0 Å². The number of ether oxygens (including phenoxy) is 1. The van der Waals surface area contributed by atoms with Crippen molar-refractivity contribution >= 4 is 28.9 Å². The molecule has 1 aromatic carbocycles. The van der Waals surface area contributed by atoms with Crippen molar-refractivity contribution in [3.8, 4) is 5.75 Å². The minimum absolute atomic E-state index is 0.155. The van der Waals surface area contributed by atoms with Crippen molar-refractivity contribution < 1.29 is 14.3 Å². The fourth-order valence-electron chi connectivity index (χ4n) is 1.24. The first-order valence-electron chi connectivity index (χ1n) is 4.63. The molecule has 0 aliphatic rings. The Morgan fingerprint density at radius 2 is 2.12 bits per heavy atom. The van der Waals surface area contributed by atoms with Gasteiger partial charge in [-0.1, -0.05) is 0 Å². The van der Waals surface area contributed by atoms with Crippen LogP contribution < -0.4 is 10.5 Å². The average Bonchev–Trinajstić information content (AvgIpc) is 2.28. The number of halogens is 1. The van der Waals surface area contributed by atoms with Crippen LogP contribution in [0.15, 0.2) is 18.2 Å². The van der Waals surface area contributed by atoms with Gasteiger partial charge < -0.3 is 10.5 Å². The van der Waals surface area contributed by atoms with E-state index in [-0.39, 0.29) is 23.9 Å². The molecule has 0 atom stereocenters. The molecule has 86 valence electrons. The summed E-state index contributed by atoms with van der Waals surface area (Å²) >= 11 is 5.32. The molecule has 1 aromatic rings. The summed E-state index contributed by atoms with van der Waals surface area (Å²) in [7, 11) is 1.49. The molecule has 0 saturated carbocycles. The third kappa shape index (κ3) is 2.97. The largest absolute Gasteiger partial charge is 0.495 e. The first kappa shape index (κ1) is 12.5. The van der Waals surface area contributed by atoms with Crippen LogP contribution in [0.1, 0.15) is 16.8 Å². The van der Waals surface area contributed by atoms with E-state index in [1.54, 1.807) is 12.1 Å². The van der Waals surface area contributed by atoms with Crippen LogP contribution in [-0.2, 0) is 4.79 Å². The topological polar surface area (TPSA) is 69.4 Å². The predicted octanol–water partition coefficient (Wildman–Crippen LogP) is 1.66. The van der Waals surface area contributed by atoms with Gasteiger partial charge in [-0.25, -0.2) is 0 Å². The number of hydrogen-bond acceptors (Lipinski definition) is 4. The van der Waals surface area contributed by atoms with Gasteiger partial charge in [0.25, 0.3) is 0 Å². The summed E-state index contributed by atoms with van der Waals surface area (Å²) in [6.45, 7) is 0. The molecule has 4 nitrogen and oxygen atoms in total. The van der Waals surface area contributed by atoms with Gasteiger partial charge in [-0.2, -0.15) is 0 Å². The molecule has 2 N–H and O–H groups in total. The molecule has 0 bridgehead atoms. The SMILES string of the molecule is COc1ccc(C(=O)CC(=O)CCl)cc1N. The number of nitrogens with two attached hydrogens (primary N) is 1. The number of methoxy groups -OCH3 is 1. The summed E-state index contributed by atoms with van der Waals surface area (Å²) in [6, 6.07) is 4.65. The molecule has 0 amide bonds. The third-order valence-electron chi connectivity index (χ3n) is 2.06. The maximum absolute atomic E-state index is 11.6. The molecule has 0 aromatic heterocycles. The lowest BCUT2D eigenvalue weighted by atomic mass is 10.1. The Labute approximate surface area is 98.3 Å². The van der Waals surface area contributed by atoms with E-state index in [0.717, 1.165) is 0 Å². The number of alkyl halides is 1. The number of carbonyl (C=O) groups excluding carboxylic acids is 2. The van der Waals surface area contributed by atoms with Crippen molar-refractivity contribution in [2.45, 2.75) is 6.42 Å². The molecule has 0 unspecified atom stereocenters. The van der Waals surface area contributed by atoms with Crippen molar-refractivity contribution in [3.05, 3.63) is 23.8 Å². The van der Waals surface area contributed by atoms with Crippen LogP contribution in [-0.4, -0.2) is 24.6 Å². The van der Waals surface area contributed by atoms with Crippen LogP contribution in [0, 0.1) is 0 Å². The van der Waals surface area contributed by atoms with E-state index in [1.165, 1.54) is 13.2 Å². The second kappa shape index (κ2) is 5.51. The predicted molar refractivity (Wildman–Crippen MR) is 62.1 cm³/mol. The Kier molecular flexibility index (Phi) is 4.31. The number of carbonyl (C=O) groups is 2. The molecule has 0 aliphatic carbocycles. The number of nitrogen functional groups attached to an aromatic ring is 1. The van der Waals surface area contributed by atoms with E-state index in [9.17, 15) is 9.59 Å². The first-order chi connectivity index (χ1) is 7.58. The third-order valence-corrected chi connectivity index (χ3v) is 2.36. The Bertz CT molecular complexity index is 418. The lowest BCUT2D eigenvalue weighted by Crippen LogP contribution is -2.09. The van der Waals surface area contributed by atoms with Crippen LogP contribution in [0.25, 0.3) is 0 Å². The van der Waals surface area contributed by atoms with Crippen LogP contribution in [0.5, 0.6) is 5.75 Å². The normalized spacial score (nSPS) is 9.88. The highest BCUT2D eigenvalue weighted by molar-refractivity contribution is 6.29. The molecule has 0 radical (unpaired) electrons. The summed E-state index contributed by atoms with van der Waals surface area (Å²) < 4.78 is 4.96. The minimum atomic E-state index is -0.305. The van der Waals surface area contributed by atoms with Crippen molar-refractivity contribution in [2.24, 2.45) is 0 Å². The fourth-order valence-corrected chi connectivity index (χ4v) is 1.33. The number of rotatable bonds is 5. The minimum Gasteiger partial charge on any atom is -0.495 e. The number of hydrogen-bond donors (Lipinski definition) is 1. The Balaban J connectivity index is 2.85. The standard InChI is InChI=1S/C11H12ClNO3/c1-16-11-3-2-7(4-9(11)13)10(15)5-8(14)6-12/h2-4H,5-6,13H2,1H3. The zero-order valence-electron chi connectivity index (χ0n) is 8.83. The smallest absolute Gasteiger partial charge is 0.170 e. The van der Waals surface area contributed by atoms with Gasteiger partial charge in [0, 0.05) is 5.56 Å². The highest BCUT2D eigenvalue weighted by Crippen LogP contribution is 2.22. The molecular weight excluding hydrogens is 230 g/mol. The summed E-state index contributed by atoms with van der Waals surface area (Å²) in [5.41, 5.74) is 6.40. The van der Waals surface area contributed by atoms with Crippen molar-refractivity contribution in [3.63, 3.8) is 0 Å². The lowest BCUT2D eigenvalue weighted by molar-refractivity contribution is -0.115. The highest BCUT2D eigenvalue weighted by atomic mass is 35.5. The molecule has 5 heteroatoms. The monoisotopic (exact) mass is 241 g/mol. The summed E-state index contributed by atoms with van der Waals surface area (Å²) in [5, 5.41) is 0. The van der Waals surface area contributed by atoms with Crippen LogP contribution in [0.2, 0.25) is 0 Å². The molecule has 16 heavy (non-hydrogen) atoms. The van der Waals surface area contributed by atoms with Crippen molar-refractivity contribution in [1.82, 2.24) is 0 Å². The molecule has 0 fully saturated rings. The number of anilines is 1. The van der Waals surface area contributed by atoms with Gasteiger partial charge in [0.1, 0.15) is 5.75 Å². The van der Waals surface area contributed by atoms with Gasteiger partial charge in [-0.3, -0.25) is 9.59 Å². The van der Waals surface area contributed by atoms with Crippen LogP contribution in [0.4, 0.5) is 5.69 Å². The van der Waals surface area contributed by atoms with Gasteiger partial charge in [-0.15, -0.1) is 11.6 Å². The van der Waals surface area contributed by atoms with Gasteiger partial charge in [0.15, 0.2) is 11.6 Å². The second-order valence-electron chi connectivity index (χ2n) is 3.23. The van der Waals surface area contributed by atoms with E-state index >= 15 is 0 Å². The van der Waals surface area contributed by atoms with E-state index in [2.05, 4.69) is 0 Å². The number of ketones is 2. The lowest BCUT2D eigenvalue weighted by Gasteiger charge is -2.05. The molecule has 0 spiro atoms. The van der Waals surface area contributed by atoms with Crippen LogP contribution >= 0.6 is 11.6 Å². The average molecular weight is 242 g/mol. The number of Topliss-reactive ketones (excluding diaryl/α,β-unsaturated/α-hetero) is 2. The summed E-state index contributed by atoms with van der Waals surface area (Å²) in [5.74, 6) is -0.251. The van der Waals surface area contributed by atoms with Crippen LogP contribution in [0.3, 0.4) is 0 Å². The second-order valence-corrected chi connectivity index (χ2v) is 3.50. The number of benzene rings is 1. The molecule has 0 heterocycles. The zero-order valence-corrected chi connectivity index (χ0v) is 9.58. The zero-order chi connectivity index (χ0) is 12.1. The summed E-state index contributed by atoms with van der Waals surface area (Å²) in [6.07, 6.45) is -0.199. The Hall–Kier alpha value is -1.55. The highest BCUT2D eigenvalue weighted by Gasteiger charge is 2.12. The maximum atomic E-state index is 11.6. The van der Waals surface area contributed by atoms with E-state index in [0.29, 0.717) is 17.0 Å². The Morgan fingerprint density at radius 1 is 1.44 bits per heavy atom. The van der Waals surface area contributed by atoms with E-state index in [4.69, 9.17) is 22.1 Å². The fraction of sp³-hybridized carbons (Fsp3) is 0.273. The Morgan fingerprint density at radius 3 is 2.62 bits per heavy atom. The maximum Gasteiger partial charge on any atom is 0.170 e. The van der Waals surface area contributed by atoms with Gasteiger partial charge in [0.05, 0.1) is 25.1 Å². The van der Waals surface area contributed by atoms with Crippen molar-refractivity contribution in [2.75, 3.05) is 18.7 Å². The van der Waals surface area contributed by atoms with Gasteiger partial charge in [-0.05, 0) is 18.2 Å². The van der Waals surface area contributed by atoms with Gasteiger partial charge >= 0.3 is 0 Å². The van der Waals surface area contributed by atoms with Gasteiger partial charge in [0.2, 0.25) is 0 Å². The quantitative estimate of drug-likeness (QED) is 0.368. The molecule has 1 rings (SSSR count). The molecule has 0 saturated heterocycles. The van der Waals surface area contributed by atoms with E-state index in [1.807, 2.05) is 0 Å². The van der Waals surface area contributed by atoms with Crippen molar-refractivity contribution in [1.29, 1.82) is 0 Å². The summed E-state index contributed by atoms with van der Waals surface area (Å²) in [4.78, 5) is 22.6. The first-order valence-corrected chi connectivity index (χ1v) is 5.16. The molecular formula is C11H12ClNO3.